The summed E-state index contributed by atoms with van der Waals surface area (Å²) in [6.07, 6.45) is -3.03. The highest BCUT2D eigenvalue weighted by atomic mass is 79.9. The zero-order valence-electron chi connectivity index (χ0n) is 9.15. The molecule has 2 heterocycles. The lowest BCUT2D eigenvalue weighted by Gasteiger charge is -2.08. The van der Waals surface area contributed by atoms with E-state index in [1.165, 1.54) is 6.20 Å². The van der Waals surface area contributed by atoms with Gasteiger partial charge in [0, 0.05) is 12.3 Å². The van der Waals surface area contributed by atoms with E-state index in [-0.39, 0.29) is 5.03 Å². The first kappa shape index (κ1) is 14.1. The van der Waals surface area contributed by atoms with Gasteiger partial charge in [0.2, 0.25) is 5.95 Å². The molecule has 100 valence electrons. The van der Waals surface area contributed by atoms with Gasteiger partial charge in [0.25, 0.3) is 0 Å². The van der Waals surface area contributed by atoms with Crippen LogP contribution in [-0.4, -0.2) is 15.0 Å². The zero-order valence-corrected chi connectivity index (χ0v) is 11.6. The SMILES string of the molecule is Nc1nc(Sc2ncccc2Br)cc(C(F)(F)F)n1. The average molecular weight is 351 g/mol. The second kappa shape index (κ2) is 5.33. The third-order valence-electron chi connectivity index (χ3n) is 1.94. The standard InChI is InChI=1S/C10H6BrF3N4S/c11-5-2-1-3-16-8(5)19-7-4-6(10(12,13)14)17-9(15)18-7/h1-4H,(H2,15,17,18). The van der Waals surface area contributed by atoms with Crippen molar-refractivity contribution in [3.05, 3.63) is 34.6 Å². The topological polar surface area (TPSA) is 64.7 Å². The molecule has 0 unspecified atom stereocenters. The fraction of sp³-hybridized carbons (Fsp3) is 0.100. The Labute approximate surface area is 118 Å². The van der Waals surface area contributed by atoms with Crippen molar-refractivity contribution in [1.29, 1.82) is 0 Å². The fourth-order valence-corrected chi connectivity index (χ4v) is 2.47. The number of pyridine rings is 1. The Hall–Kier alpha value is -1.35. The molecule has 2 rings (SSSR count). The summed E-state index contributed by atoms with van der Waals surface area (Å²) in [5.74, 6) is -0.427. The number of rotatable bonds is 2. The van der Waals surface area contributed by atoms with Crippen molar-refractivity contribution in [2.24, 2.45) is 0 Å². The van der Waals surface area contributed by atoms with E-state index in [0.29, 0.717) is 9.50 Å². The van der Waals surface area contributed by atoms with Crippen LogP contribution in [0, 0.1) is 0 Å². The lowest BCUT2D eigenvalue weighted by atomic mass is 10.4. The number of alkyl halides is 3. The van der Waals surface area contributed by atoms with Gasteiger partial charge in [-0.05, 0) is 39.8 Å². The zero-order chi connectivity index (χ0) is 14.0. The minimum absolute atomic E-state index is 0.0826. The average Bonchev–Trinajstić information content (AvgIpc) is 2.30. The maximum atomic E-state index is 12.6. The van der Waals surface area contributed by atoms with Crippen LogP contribution in [0.4, 0.5) is 19.1 Å². The van der Waals surface area contributed by atoms with Gasteiger partial charge in [0.15, 0.2) is 5.69 Å². The van der Waals surface area contributed by atoms with Gasteiger partial charge in [-0.3, -0.25) is 0 Å². The molecule has 0 bridgehead atoms. The molecule has 2 N–H and O–H groups in total. The van der Waals surface area contributed by atoms with Crippen molar-refractivity contribution < 1.29 is 13.2 Å². The van der Waals surface area contributed by atoms with Crippen molar-refractivity contribution in [3.8, 4) is 0 Å². The van der Waals surface area contributed by atoms with Gasteiger partial charge < -0.3 is 5.73 Å². The molecule has 0 fully saturated rings. The highest BCUT2D eigenvalue weighted by Gasteiger charge is 2.33. The van der Waals surface area contributed by atoms with E-state index in [1.54, 1.807) is 12.1 Å². The summed E-state index contributed by atoms with van der Waals surface area (Å²) in [6.45, 7) is 0. The van der Waals surface area contributed by atoms with Crippen molar-refractivity contribution in [2.75, 3.05) is 5.73 Å². The predicted octanol–water partition coefficient (Wildman–Crippen LogP) is 3.39. The van der Waals surface area contributed by atoms with E-state index in [4.69, 9.17) is 5.73 Å². The van der Waals surface area contributed by atoms with Gasteiger partial charge in [-0.15, -0.1) is 0 Å². The molecule has 0 amide bonds. The molecule has 0 aliphatic rings. The highest BCUT2D eigenvalue weighted by molar-refractivity contribution is 9.10. The summed E-state index contributed by atoms with van der Waals surface area (Å²) in [4.78, 5) is 10.9. The molecule has 0 saturated heterocycles. The van der Waals surface area contributed by atoms with Gasteiger partial charge in [-0.25, -0.2) is 15.0 Å². The van der Waals surface area contributed by atoms with Crippen LogP contribution in [0.15, 0.2) is 38.9 Å². The first-order chi connectivity index (χ1) is 8.86. The smallest absolute Gasteiger partial charge is 0.368 e. The highest BCUT2D eigenvalue weighted by Crippen LogP contribution is 2.34. The molecule has 0 atom stereocenters. The maximum Gasteiger partial charge on any atom is 0.433 e. The third kappa shape index (κ3) is 3.57. The molecule has 0 spiro atoms. The normalized spacial score (nSPS) is 11.6. The summed E-state index contributed by atoms with van der Waals surface area (Å²) >= 11 is 4.22. The Morgan fingerprint density at radius 1 is 1.26 bits per heavy atom. The number of aromatic nitrogens is 3. The summed E-state index contributed by atoms with van der Waals surface area (Å²) in [5, 5.41) is 0.577. The molecule has 0 aromatic carbocycles. The lowest BCUT2D eigenvalue weighted by molar-refractivity contribution is -0.141. The molecular weight excluding hydrogens is 345 g/mol. The van der Waals surface area contributed by atoms with Gasteiger partial charge in [-0.1, -0.05) is 0 Å². The van der Waals surface area contributed by atoms with Crippen molar-refractivity contribution in [3.63, 3.8) is 0 Å². The van der Waals surface area contributed by atoms with E-state index < -0.39 is 17.8 Å². The Bertz CT molecular complexity index is 606. The number of nitrogens with zero attached hydrogens (tertiary/aromatic N) is 3. The number of anilines is 1. The van der Waals surface area contributed by atoms with E-state index in [0.717, 1.165) is 17.8 Å². The molecule has 9 heteroatoms. The van der Waals surface area contributed by atoms with E-state index in [9.17, 15) is 13.2 Å². The predicted molar refractivity (Wildman–Crippen MR) is 67.5 cm³/mol. The largest absolute Gasteiger partial charge is 0.433 e. The molecule has 2 aromatic heterocycles. The Balaban J connectivity index is 2.36. The maximum absolute atomic E-state index is 12.6. The molecular formula is C10H6BrF3N4S. The summed E-state index contributed by atoms with van der Waals surface area (Å²) in [7, 11) is 0. The van der Waals surface area contributed by atoms with Crippen LogP contribution >= 0.6 is 27.7 Å². The number of hydrogen-bond acceptors (Lipinski definition) is 5. The van der Waals surface area contributed by atoms with Crippen molar-refractivity contribution in [2.45, 2.75) is 16.2 Å². The van der Waals surface area contributed by atoms with E-state index >= 15 is 0 Å². The molecule has 0 aliphatic heterocycles. The van der Waals surface area contributed by atoms with Crippen LogP contribution in [0.2, 0.25) is 0 Å². The van der Waals surface area contributed by atoms with Crippen LogP contribution in [0.25, 0.3) is 0 Å². The molecule has 19 heavy (non-hydrogen) atoms. The first-order valence-corrected chi connectivity index (χ1v) is 6.47. The minimum atomic E-state index is -4.56. The van der Waals surface area contributed by atoms with E-state index in [2.05, 4.69) is 30.9 Å². The minimum Gasteiger partial charge on any atom is -0.368 e. The number of halogens is 4. The summed E-state index contributed by atoms with van der Waals surface area (Å²) < 4.78 is 38.4. The van der Waals surface area contributed by atoms with Gasteiger partial charge in [0.1, 0.15) is 10.1 Å². The molecule has 4 nitrogen and oxygen atoms in total. The van der Waals surface area contributed by atoms with Crippen molar-refractivity contribution in [1.82, 2.24) is 15.0 Å². The van der Waals surface area contributed by atoms with Crippen LogP contribution in [0.5, 0.6) is 0 Å². The number of nitrogens with two attached hydrogens (primary N) is 1. The monoisotopic (exact) mass is 350 g/mol. The van der Waals surface area contributed by atoms with Crippen molar-refractivity contribution >= 4 is 33.6 Å². The summed E-state index contributed by atoms with van der Waals surface area (Å²) in [6, 6.07) is 4.26. The summed E-state index contributed by atoms with van der Waals surface area (Å²) in [5.41, 5.74) is 4.21. The lowest BCUT2D eigenvalue weighted by Crippen LogP contribution is -2.11. The molecule has 0 aliphatic carbocycles. The van der Waals surface area contributed by atoms with Crippen LogP contribution in [0.3, 0.4) is 0 Å². The Kier molecular flexibility index (Phi) is 3.95. The van der Waals surface area contributed by atoms with Crippen LogP contribution in [-0.2, 0) is 6.18 Å². The van der Waals surface area contributed by atoms with Crippen LogP contribution in [0.1, 0.15) is 5.69 Å². The second-order valence-electron chi connectivity index (χ2n) is 3.34. The van der Waals surface area contributed by atoms with Gasteiger partial charge in [0.05, 0.1) is 4.47 Å². The number of hydrogen-bond donors (Lipinski definition) is 1. The van der Waals surface area contributed by atoms with Crippen LogP contribution < -0.4 is 5.73 Å². The fourth-order valence-electron chi connectivity index (χ4n) is 1.19. The first-order valence-electron chi connectivity index (χ1n) is 4.86. The Morgan fingerprint density at radius 3 is 2.63 bits per heavy atom. The molecule has 0 saturated carbocycles. The third-order valence-corrected chi connectivity index (χ3v) is 3.78. The quantitative estimate of drug-likeness (QED) is 0.841. The molecule has 2 aromatic rings. The van der Waals surface area contributed by atoms with Gasteiger partial charge >= 0.3 is 6.18 Å². The molecule has 0 radical (unpaired) electrons. The Morgan fingerprint density at radius 2 is 2.00 bits per heavy atom. The number of nitrogen functional groups attached to an aromatic ring is 1. The van der Waals surface area contributed by atoms with Gasteiger partial charge in [-0.2, -0.15) is 13.2 Å². The van der Waals surface area contributed by atoms with E-state index in [1.807, 2.05) is 0 Å². The second-order valence-corrected chi connectivity index (χ2v) is 5.20.